The molecule has 10 nitrogen and oxygen atoms in total. The number of aryl methyl sites for hydroxylation is 2. The van der Waals surface area contributed by atoms with Crippen LogP contribution in [0.4, 0.5) is 0 Å². The summed E-state index contributed by atoms with van der Waals surface area (Å²) in [6, 6.07) is 10.7. The van der Waals surface area contributed by atoms with Gasteiger partial charge in [0.2, 0.25) is 0 Å². The van der Waals surface area contributed by atoms with Crippen LogP contribution in [0.1, 0.15) is 34.3 Å². The number of carbonyl (C=O) groups excluding carboxylic acids is 4. The Kier molecular flexibility index (Phi) is 7.84. The monoisotopic (exact) mass is 524 g/mol. The minimum absolute atomic E-state index is 0.652. The summed E-state index contributed by atoms with van der Waals surface area (Å²) in [6.07, 6.45) is 0. The Morgan fingerprint density at radius 3 is 1.08 bits per heavy atom. The summed E-state index contributed by atoms with van der Waals surface area (Å²) in [5.74, 6) is -4.86. The van der Waals surface area contributed by atoms with Gasteiger partial charge in [0.25, 0.3) is 0 Å². The quantitative estimate of drug-likeness (QED) is 0.412. The van der Waals surface area contributed by atoms with Gasteiger partial charge < -0.3 is 18.9 Å². The lowest BCUT2D eigenvalue weighted by atomic mass is 9.82. The second-order valence-corrected chi connectivity index (χ2v) is 9.50. The van der Waals surface area contributed by atoms with E-state index in [9.17, 15) is 19.2 Å². The summed E-state index contributed by atoms with van der Waals surface area (Å²) in [5.41, 5.74) is 3.28. The van der Waals surface area contributed by atoms with E-state index in [0.29, 0.717) is 11.1 Å². The first-order valence-electron chi connectivity index (χ1n) is 12.2. The van der Waals surface area contributed by atoms with Gasteiger partial charge in [0.15, 0.2) is 0 Å². The average Bonchev–Trinajstić information content (AvgIpc) is 3.45. The van der Waals surface area contributed by atoms with Crippen LogP contribution in [0.2, 0.25) is 0 Å². The van der Waals surface area contributed by atoms with Crippen LogP contribution in [-0.4, -0.2) is 74.4 Å². The number of fused-ring (bicyclic) bond motifs is 1. The molecule has 0 aromatic heterocycles. The van der Waals surface area contributed by atoms with E-state index in [1.807, 2.05) is 62.4 Å². The number of ether oxygens (including phenoxy) is 4. The molecule has 0 amide bonds. The molecule has 0 spiro atoms. The van der Waals surface area contributed by atoms with Crippen molar-refractivity contribution in [2.75, 3.05) is 28.4 Å². The number of methoxy groups -OCH3 is 4. The molecule has 0 bridgehead atoms. The van der Waals surface area contributed by atoms with Crippen LogP contribution < -0.4 is 0 Å². The van der Waals surface area contributed by atoms with Gasteiger partial charge in [-0.25, -0.2) is 10.0 Å². The fourth-order valence-corrected chi connectivity index (χ4v) is 5.71. The topological polar surface area (TPSA) is 112 Å². The maximum absolute atomic E-state index is 13.4. The van der Waals surface area contributed by atoms with Crippen molar-refractivity contribution in [3.63, 3.8) is 0 Å². The third-order valence-corrected chi connectivity index (χ3v) is 7.44. The zero-order valence-electron chi connectivity index (χ0n) is 22.2. The van der Waals surface area contributed by atoms with Gasteiger partial charge in [-0.15, -0.1) is 0 Å². The van der Waals surface area contributed by atoms with E-state index >= 15 is 0 Å². The molecule has 2 aromatic carbocycles. The molecule has 10 heteroatoms. The minimum Gasteiger partial charge on any atom is -0.469 e. The van der Waals surface area contributed by atoms with E-state index in [1.54, 1.807) is 10.0 Å². The van der Waals surface area contributed by atoms with Gasteiger partial charge in [-0.3, -0.25) is 19.2 Å². The highest BCUT2D eigenvalue weighted by Gasteiger charge is 2.68. The van der Waals surface area contributed by atoms with Crippen LogP contribution in [0, 0.1) is 25.7 Å². The van der Waals surface area contributed by atoms with Crippen molar-refractivity contribution >= 4 is 23.9 Å². The largest absolute Gasteiger partial charge is 0.469 e. The van der Waals surface area contributed by atoms with Crippen molar-refractivity contribution in [3.8, 4) is 0 Å². The summed E-state index contributed by atoms with van der Waals surface area (Å²) in [5, 5.41) is 3.23. The minimum atomic E-state index is -1.20. The third kappa shape index (κ3) is 4.43. The average molecular weight is 525 g/mol. The van der Waals surface area contributed by atoms with Crippen molar-refractivity contribution < 1.29 is 38.1 Å². The van der Waals surface area contributed by atoms with Crippen molar-refractivity contribution in [3.05, 3.63) is 70.8 Å². The maximum atomic E-state index is 13.4. The van der Waals surface area contributed by atoms with Crippen LogP contribution in [-0.2, 0) is 38.1 Å². The van der Waals surface area contributed by atoms with Gasteiger partial charge in [0.1, 0.15) is 23.9 Å². The van der Waals surface area contributed by atoms with E-state index in [-0.39, 0.29) is 0 Å². The number of hydrogen-bond acceptors (Lipinski definition) is 10. The number of hydrazine groups is 1. The van der Waals surface area contributed by atoms with Crippen LogP contribution >= 0.6 is 0 Å². The summed E-state index contributed by atoms with van der Waals surface area (Å²) in [7, 11) is 4.95. The van der Waals surface area contributed by atoms with Crippen LogP contribution in [0.3, 0.4) is 0 Å². The fourth-order valence-electron chi connectivity index (χ4n) is 5.71. The summed E-state index contributed by atoms with van der Waals surface area (Å²) in [6.45, 7) is 3.85. The van der Waals surface area contributed by atoms with Gasteiger partial charge in [0, 0.05) is 0 Å². The smallest absolute Gasteiger partial charge is 0.325 e. The van der Waals surface area contributed by atoms with Crippen LogP contribution in [0.5, 0.6) is 0 Å². The van der Waals surface area contributed by atoms with Crippen molar-refractivity contribution in [2.24, 2.45) is 11.8 Å². The lowest BCUT2D eigenvalue weighted by molar-refractivity contribution is -0.160. The number of esters is 4. The zero-order valence-corrected chi connectivity index (χ0v) is 22.2. The van der Waals surface area contributed by atoms with E-state index in [2.05, 4.69) is 0 Å². The summed E-state index contributed by atoms with van der Waals surface area (Å²) >= 11 is 0. The van der Waals surface area contributed by atoms with E-state index in [1.165, 1.54) is 28.4 Å². The fraction of sp³-hybridized carbons (Fsp3) is 0.429. The number of carbonyl (C=O) groups is 4. The Morgan fingerprint density at radius 2 is 0.816 bits per heavy atom. The van der Waals surface area contributed by atoms with E-state index in [4.69, 9.17) is 18.9 Å². The predicted octanol–water partition coefficient (Wildman–Crippen LogP) is 2.29. The molecule has 2 heterocycles. The summed E-state index contributed by atoms with van der Waals surface area (Å²) in [4.78, 5) is 53.5. The van der Waals surface area contributed by atoms with E-state index in [0.717, 1.165) is 11.1 Å². The molecule has 4 rings (SSSR count). The number of benzene rings is 2. The lowest BCUT2D eigenvalue weighted by Gasteiger charge is -2.32. The SMILES string of the molecule is COC(=O)[C@@H]1[C@@H](C(=O)OC)N2[C@H](c3ccc(C)cc3)[C@H](C(=O)OC)[C@H](C(=O)OC)N2[C@@H]1c1ccc(C)cc1. The van der Waals surface area contributed by atoms with Crippen molar-refractivity contribution in [1.29, 1.82) is 0 Å². The molecule has 0 saturated carbocycles. The molecule has 2 aliphatic heterocycles. The molecule has 0 aliphatic carbocycles. The highest BCUT2D eigenvalue weighted by molar-refractivity contribution is 5.90. The molecule has 38 heavy (non-hydrogen) atoms. The zero-order chi connectivity index (χ0) is 27.7. The van der Waals surface area contributed by atoms with E-state index < -0.39 is 59.9 Å². The van der Waals surface area contributed by atoms with Gasteiger partial charge in [0.05, 0.1) is 40.5 Å². The van der Waals surface area contributed by atoms with Crippen molar-refractivity contribution in [2.45, 2.75) is 38.0 Å². The summed E-state index contributed by atoms with van der Waals surface area (Å²) < 4.78 is 20.7. The van der Waals surface area contributed by atoms with Gasteiger partial charge in [-0.1, -0.05) is 59.7 Å². The van der Waals surface area contributed by atoms with Crippen molar-refractivity contribution in [1.82, 2.24) is 10.0 Å². The Morgan fingerprint density at radius 1 is 0.526 bits per heavy atom. The Hall–Kier alpha value is -3.76. The molecular formula is C28H32N2O8. The normalized spacial score (nSPS) is 26.9. The molecule has 2 saturated heterocycles. The number of hydrogen-bond donors (Lipinski definition) is 0. The molecule has 6 atom stereocenters. The first-order chi connectivity index (χ1) is 18.2. The van der Waals surface area contributed by atoms with Gasteiger partial charge >= 0.3 is 23.9 Å². The predicted molar refractivity (Wildman–Crippen MR) is 134 cm³/mol. The molecule has 2 aromatic rings. The lowest BCUT2D eigenvalue weighted by Crippen LogP contribution is -2.47. The number of nitrogens with zero attached hydrogens (tertiary/aromatic N) is 2. The van der Waals surface area contributed by atoms with Gasteiger partial charge in [-0.2, -0.15) is 0 Å². The second kappa shape index (κ2) is 10.9. The molecular weight excluding hydrogens is 492 g/mol. The first-order valence-corrected chi connectivity index (χ1v) is 12.2. The van der Waals surface area contributed by atoms with Gasteiger partial charge in [-0.05, 0) is 25.0 Å². The highest BCUT2D eigenvalue weighted by atomic mass is 16.5. The Balaban J connectivity index is 2.04. The highest BCUT2D eigenvalue weighted by Crippen LogP contribution is 2.55. The Bertz CT molecular complexity index is 1120. The van der Waals surface area contributed by atoms with Crippen LogP contribution in [0.25, 0.3) is 0 Å². The molecule has 2 fully saturated rings. The third-order valence-electron chi connectivity index (χ3n) is 7.44. The number of rotatable bonds is 6. The maximum Gasteiger partial charge on any atom is 0.325 e. The molecule has 0 N–H and O–H groups in total. The molecule has 2 aliphatic rings. The molecule has 202 valence electrons. The first kappa shape index (κ1) is 27.3. The Labute approximate surface area is 221 Å². The molecule has 0 radical (unpaired) electrons. The van der Waals surface area contributed by atoms with Crippen LogP contribution in [0.15, 0.2) is 48.5 Å². The molecule has 0 unspecified atom stereocenters. The second-order valence-electron chi connectivity index (χ2n) is 9.50. The standard InChI is InChI=1S/C28H32N2O8/c1-15-7-11-17(12-8-15)21-19(25(31)35-3)23(27(33)37-5)30-22(18-13-9-16(2)10-14-18)20(26(32)36-4)24(29(21)30)28(34)38-6/h7-14,19-24H,1-6H3/t19-,20-,21+,22+,23-,24+/m0/s1.